The van der Waals surface area contributed by atoms with Crippen molar-refractivity contribution in [3.63, 3.8) is 0 Å². The SMILES string of the molecule is Cc1cc2oc(C(=O)N3CCC(c4nc5ccccc5o4)CC3)cc(=O)c2cc1C. The number of nitrogens with zero attached hydrogens (tertiary/aromatic N) is 2. The second-order valence-corrected chi connectivity index (χ2v) is 7.99. The maximum atomic E-state index is 13.0. The number of hydrogen-bond donors (Lipinski definition) is 0. The van der Waals surface area contributed by atoms with Gasteiger partial charge in [-0.25, -0.2) is 4.98 Å². The van der Waals surface area contributed by atoms with E-state index in [9.17, 15) is 9.59 Å². The Kier molecular flexibility index (Phi) is 4.42. The minimum atomic E-state index is -0.247. The van der Waals surface area contributed by atoms with E-state index in [4.69, 9.17) is 8.83 Å². The van der Waals surface area contributed by atoms with E-state index in [0.717, 1.165) is 41.0 Å². The molecule has 3 heterocycles. The van der Waals surface area contributed by atoms with Crippen LogP contribution in [0, 0.1) is 13.8 Å². The Morgan fingerprint density at radius 1 is 1.00 bits per heavy atom. The number of aryl methyl sites for hydroxylation is 2. The van der Waals surface area contributed by atoms with Crippen molar-refractivity contribution < 1.29 is 13.6 Å². The number of rotatable bonds is 2. The summed E-state index contributed by atoms with van der Waals surface area (Å²) in [7, 11) is 0. The molecule has 1 aliphatic rings. The van der Waals surface area contributed by atoms with Gasteiger partial charge in [-0.15, -0.1) is 0 Å². The molecule has 0 bridgehead atoms. The van der Waals surface area contributed by atoms with E-state index in [2.05, 4.69) is 4.98 Å². The first-order valence-corrected chi connectivity index (χ1v) is 10.2. The fraction of sp³-hybridized carbons (Fsp3) is 0.292. The molecule has 2 aromatic heterocycles. The minimum Gasteiger partial charge on any atom is -0.451 e. The highest BCUT2D eigenvalue weighted by molar-refractivity contribution is 5.93. The summed E-state index contributed by atoms with van der Waals surface area (Å²) in [4.78, 5) is 31.8. The zero-order valence-electron chi connectivity index (χ0n) is 17.0. The smallest absolute Gasteiger partial charge is 0.289 e. The lowest BCUT2D eigenvalue weighted by molar-refractivity contribution is 0.0675. The lowest BCUT2D eigenvalue weighted by Crippen LogP contribution is -2.38. The van der Waals surface area contributed by atoms with Gasteiger partial charge < -0.3 is 13.7 Å². The molecule has 0 saturated carbocycles. The van der Waals surface area contributed by atoms with Crippen LogP contribution in [-0.2, 0) is 0 Å². The van der Waals surface area contributed by atoms with Crippen LogP contribution in [0.1, 0.15) is 46.3 Å². The molecule has 0 atom stereocenters. The molecule has 0 aliphatic carbocycles. The number of fused-ring (bicyclic) bond motifs is 2. The van der Waals surface area contributed by atoms with Crippen LogP contribution < -0.4 is 5.43 Å². The van der Waals surface area contributed by atoms with Crippen LogP contribution in [0.15, 0.2) is 56.1 Å². The highest BCUT2D eigenvalue weighted by Gasteiger charge is 2.29. The highest BCUT2D eigenvalue weighted by Crippen LogP contribution is 2.30. The van der Waals surface area contributed by atoms with Crippen LogP contribution in [0.3, 0.4) is 0 Å². The maximum absolute atomic E-state index is 13.0. The third kappa shape index (κ3) is 3.18. The Bertz CT molecular complexity index is 1290. The summed E-state index contributed by atoms with van der Waals surface area (Å²) < 4.78 is 11.7. The van der Waals surface area contributed by atoms with Gasteiger partial charge in [-0.1, -0.05) is 12.1 Å². The van der Waals surface area contributed by atoms with Gasteiger partial charge >= 0.3 is 0 Å². The Labute approximate surface area is 173 Å². The number of likely N-dealkylation sites (tertiary alicyclic amines) is 1. The molecule has 0 unspecified atom stereocenters. The van der Waals surface area contributed by atoms with Crippen molar-refractivity contribution in [2.45, 2.75) is 32.6 Å². The Morgan fingerprint density at radius 2 is 1.73 bits per heavy atom. The van der Waals surface area contributed by atoms with Crippen LogP contribution in [0.5, 0.6) is 0 Å². The van der Waals surface area contributed by atoms with Gasteiger partial charge in [-0.3, -0.25) is 9.59 Å². The number of aromatic nitrogens is 1. The first-order chi connectivity index (χ1) is 14.5. The number of carbonyl (C=O) groups is 1. The topological polar surface area (TPSA) is 76.6 Å². The van der Waals surface area contributed by atoms with Crippen molar-refractivity contribution in [1.29, 1.82) is 0 Å². The number of piperidine rings is 1. The molecule has 0 N–H and O–H groups in total. The lowest BCUT2D eigenvalue weighted by atomic mass is 9.96. The van der Waals surface area contributed by atoms with Crippen molar-refractivity contribution in [2.24, 2.45) is 0 Å². The van der Waals surface area contributed by atoms with Gasteiger partial charge in [0.25, 0.3) is 5.91 Å². The number of benzene rings is 2. The van der Waals surface area contributed by atoms with Crippen molar-refractivity contribution in [2.75, 3.05) is 13.1 Å². The number of oxazole rings is 1. The van der Waals surface area contributed by atoms with Crippen LogP contribution in [0.25, 0.3) is 22.1 Å². The fourth-order valence-corrected chi connectivity index (χ4v) is 4.07. The summed E-state index contributed by atoms with van der Waals surface area (Å²) in [6.45, 7) is 5.04. The zero-order chi connectivity index (χ0) is 20.8. The van der Waals surface area contributed by atoms with Gasteiger partial charge in [0, 0.05) is 25.1 Å². The highest BCUT2D eigenvalue weighted by atomic mass is 16.4. The molecular weight excluding hydrogens is 380 g/mol. The fourth-order valence-electron chi connectivity index (χ4n) is 4.07. The quantitative estimate of drug-likeness (QED) is 0.491. The molecule has 6 nitrogen and oxygen atoms in total. The molecular formula is C24H22N2O4. The third-order valence-electron chi connectivity index (χ3n) is 6.00. The van der Waals surface area contributed by atoms with E-state index in [1.165, 1.54) is 6.07 Å². The number of hydrogen-bond acceptors (Lipinski definition) is 5. The number of para-hydroxylation sites is 2. The van der Waals surface area contributed by atoms with Crippen molar-refractivity contribution in [3.8, 4) is 0 Å². The van der Waals surface area contributed by atoms with Gasteiger partial charge in [-0.2, -0.15) is 0 Å². The van der Waals surface area contributed by atoms with Gasteiger partial charge in [0.05, 0.1) is 5.39 Å². The van der Waals surface area contributed by atoms with Crippen LogP contribution in [0.4, 0.5) is 0 Å². The van der Waals surface area contributed by atoms with Gasteiger partial charge in [0.1, 0.15) is 11.1 Å². The summed E-state index contributed by atoms with van der Waals surface area (Å²) in [6.07, 6.45) is 1.52. The number of carbonyl (C=O) groups excluding carboxylic acids is 1. The molecule has 30 heavy (non-hydrogen) atoms. The first kappa shape index (κ1) is 18.6. The molecule has 5 rings (SSSR count). The standard InChI is InChI=1S/C24H22N2O4/c1-14-11-17-19(27)13-22(29-21(17)12-15(14)2)24(28)26-9-7-16(8-10-26)23-25-18-5-3-4-6-20(18)30-23/h3-6,11-13,16H,7-10H2,1-2H3. The maximum Gasteiger partial charge on any atom is 0.289 e. The molecule has 1 aliphatic heterocycles. The van der Waals surface area contributed by atoms with E-state index >= 15 is 0 Å². The molecule has 1 saturated heterocycles. The molecule has 152 valence electrons. The van der Waals surface area contributed by atoms with Gasteiger partial charge in [-0.05, 0) is 62.1 Å². The van der Waals surface area contributed by atoms with E-state index in [1.54, 1.807) is 4.90 Å². The largest absolute Gasteiger partial charge is 0.451 e. The molecule has 4 aromatic rings. The molecule has 2 aromatic carbocycles. The van der Waals surface area contributed by atoms with Crippen LogP contribution in [0.2, 0.25) is 0 Å². The van der Waals surface area contributed by atoms with E-state index in [0.29, 0.717) is 24.1 Å². The molecule has 6 heteroatoms. The minimum absolute atomic E-state index is 0.0936. The van der Waals surface area contributed by atoms with E-state index in [1.807, 2.05) is 50.2 Å². The Balaban J connectivity index is 1.35. The van der Waals surface area contributed by atoms with Crippen molar-refractivity contribution >= 4 is 28.0 Å². The normalized spacial score (nSPS) is 15.2. The molecule has 1 amide bonds. The summed E-state index contributed by atoms with van der Waals surface area (Å²) in [5.74, 6) is 0.751. The summed E-state index contributed by atoms with van der Waals surface area (Å²) in [5, 5.41) is 0.504. The van der Waals surface area contributed by atoms with Crippen LogP contribution >= 0.6 is 0 Å². The predicted molar refractivity (Wildman–Crippen MR) is 114 cm³/mol. The van der Waals surface area contributed by atoms with E-state index in [-0.39, 0.29) is 23.0 Å². The lowest BCUT2D eigenvalue weighted by Gasteiger charge is -2.30. The van der Waals surface area contributed by atoms with Crippen molar-refractivity contribution in [3.05, 3.63) is 75.5 Å². The monoisotopic (exact) mass is 402 g/mol. The second kappa shape index (κ2) is 7.13. The van der Waals surface area contributed by atoms with E-state index < -0.39 is 0 Å². The molecule has 0 radical (unpaired) electrons. The van der Waals surface area contributed by atoms with Crippen molar-refractivity contribution in [1.82, 2.24) is 9.88 Å². The van der Waals surface area contributed by atoms with Gasteiger partial charge in [0.15, 0.2) is 22.7 Å². The summed E-state index contributed by atoms with van der Waals surface area (Å²) in [6, 6.07) is 12.7. The molecule has 0 spiro atoms. The zero-order valence-corrected chi connectivity index (χ0v) is 17.0. The molecule has 1 fully saturated rings. The number of amides is 1. The van der Waals surface area contributed by atoms with Crippen LogP contribution in [-0.4, -0.2) is 28.9 Å². The Hall–Kier alpha value is -3.41. The first-order valence-electron chi connectivity index (χ1n) is 10.2. The average Bonchev–Trinajstić information content (AvgIpc) is 3.19. The summed E-state index contributed by atoms with van der Waals surface area (Å²) in [5.41, 5.74) is 3.95. The Morgan fingerprint density at radius 3 is 2.50 bits per heavy atom. The summed E-state index contributed by atoms with van der Waals surface area (Å²) >= 11 is 0. The predicted octanol–water partition coefficient (Wildman–Crippen LogP) is 4.57. The second-order valence-electron chi connectivity index (χ2n) is 7.99. The van der Waals surface area contributed by atoms with Gasteiger partial charge in [0.2, 0.25) is 0 Å². The third-order valence-corrected chi connectivity index (χ3v) is 6.00. The average molecular weight is 402 g/mol.